The largest absolute Gasteiger partial charge is 0.364 e. The topological polar surface area (TPSA) is 122 Å². The van der Waals surface area contributed by atoms with Crippen LogP contribution in [-0.4, -0.2) is 28.5 Å². The van der Waals surface area contributed by atoms with Gasteiger partial charge in [-0.15, -0.1) is 0 Å². The first-order valence-electron chi connectivity index (χ1n) is 8.39. The van der Waals surface area contributed by atoms with Crippen LogP contribution >= 0.6 is 0 Å². The highest BCUT2D eigenvalue weighted by atomic mass is 16.2. The van der Waals surface area contributed by atoms with Gasteiger partial charge in [0, 0.05) is 29.4 Å². The van der Waals surface area contributed by atoms with Gasteiger partial charge in [0.05, 0.1) is 6.54 Å². The Morgan fingerprint density at radius 2 is 1.64 bits per heavy atom. The highest BCUT2D eigenvalue weighted by molar-refractivity contribution is 6.11. The molecule has 4 amide bonds. The first-order chi connectivity index (χ1) is 13.3. The van der Waals surface area contributed by atoms with Crippen LogP contribution in [0.5, 0.6) is 0 Å². The number of carbonyl (C=O) groups is 4. The Bertz CT molecular complexity index is 1010. The third kappa shape index (κ3) is 3.61. The predicted molar refractivity (Wildman–Crippen MR) is 103 cm³/mol. The smallest absolute Gasteiger partial charge is 0.264 e. The van der Waals surface area contributed by atoms with Crippen LogP contribution < -0.4 is 16.4 Å². The Hall–Kier alpha value is -3.94. The lowest BCUT2D eigenvalue weighted by Crippen LogP contribution is -2.31. The second-order valence-electron chi connectivity index (χ2n) is 6.25. The molecule has 8 heteroatoms. The van der Waals surface area contributed by atoms with Crippen LogP contribution in [0.2, 0.25) is 0 Å². The minimum Gasteiger partial charge on any atom is -0.364 e. The molecule has 1 aliphatic heterocycles. The molecule has 0 bridgehead atoms. The molecule has 2 aromatic carbocycles. The predicted octanol–water partition coefficient (Wildman–Crippen LogP) is 1.85. The van der Waals surface area contributed by atoms with Crippen LogP contribution in [0.3, 0.4) is 0 Å². The highest BCUT2D eigenvalue weighted by Gasteiger charge is 2.33. The number of carbonyl (C=O) groups excluding carboxylic acids is 4. The molecule has 142 valence electrons. The molecule has 0 saturated heterocycles. The van der Waals surface area contributed by atoms with Gasteiger partial charge in [-0.2, -0.15) is 0 Å². The zero-order valence-electron chi connectivity index (χ0n) is 15.1. The van der Waals surface area contributed by atoms with E-state index in [1.54, 1.807) is 42.5 Å². The molecule has 0 radical (unpaired) electrons. The van der Waals surface area contributed by atoms with E-state index >= 15 is 0 Å². The van der Waals surface area contributed by atoms with E-state index in [-0.39, 0.29) is 18.1 Å². The van der Waals surface area contributed by atoms with Crippen LogP contribution in [-0.2, 0) is 16.1 Å². The second kappa shape index (κ2) is 7.36. The monoisotopic (exact) mass is 378 g/mol. The molecule has 0 aromatic heterocycles. The van der Waals surface area contributed by atoms with Gasteiger partial charge in [-0.3, -0.25) is 24.1 Å². The molecule has 2 aromatic rings. The van der Waals surface area contributed by atoms with Crippen LogP contribution in [0.1, 0.15) is 33.2 Å². The molecular weight excluding hydrogens is 360 g/mol. The minimum atomic E-state index is -0.800. The van der Waals surface area contributed by atoms with Gasteiger partial charge < -0.3 is 16.4 Å². The lowest BCUT2D eigenvalue weighted by molar-refractivity contribution is -0.116. The maximum atomic E-state index is 12.7. The van der Waals surface area contributed by atoms with Crippen molar-refractivity contribution in [1.82, 2.24) is 4.90 Å². The summed E-state index contributed by atoms with van der Waals surface area (Å²) < 4.78 is 0. The average molecular weight is 378 g/mol. The Kier molecular flexibility index (Phi) is 4.95. The Morgan fingerprint density at radius 3 is 2.21 bits per heavy atom. The molecule has 0 unspecified atom stereocenters. The molecular formula is C20H18N4O4. The van der Waals surface area contributed by atoms with Crippen LogP contribution in [0.25, 0.3) is 0 Å². The number of primary amides is 1. The van der Waals surface area contributed by atoms with Gasteiger partial charge in [0.15, 0.2) is 0 Å². The molecule has 0 atom stereocenters. The summed E-state index contributed by atoms with van der Waals surface area (Å²) in [7, 11) is 0. The van der Waals surface area contributed by atoms with Crippen LogP contribution in [0.4, 0.5) is 11.4 Å². The number of rotatable bonds is 5. The van der Waals surface area contributed by atoms with Crippen molar-refractivity contribution in [1.29, 1.82) is 0 Å². The van der Waals surface area contributed by atoms with Gasteiger partial charge in [0.1, 0.15) is 5.70 Å². The van der Waals surface area contributed by atoms with Crippen LogP contribution in [0.15, 0.2) is 54.7 Å². The fraction of sp³-hybridized carbons (Fsp3) is 0.100. The zero-order chi connectivity index (χ0) is 20.4. The van der Waals surface area contributed by atoms with Gasteiger partial charge >= 0.3 is 0 Å². The van der Waals surface area contributed by atoms with E-state index in [0.717, 1.165) is 4.90 Å². The number of amides is 4. The molecule has 1 aliphatic rings. The number of anilines is 2. The van der Waals surface area contributed by atoms with Gasteiger partial charge in [0.2, 0.25) is 5.91 Å². The summed E-state index contributed by atoms with van der Waals surface area (Å²) in [6, 6.07) is 11.4. The van der Waals surface area contributed by atoms with Crippen molar-refractivity contribution < 1.29 is 19.2 Å². The van der Waals surface area contributed by atoms with Crippen molar-refractivity contribution in [3.05, 3.63) is 71.4 Å². The van der Waals surface area contributed by atoms with Crippen molar-refractivity contribution >= 4 is 35.0 Å². The number of hydrogen-bond donors (Lipinski definition) is 3. The molecule has 4 N–H and O–H groups in total. The SMILES string of the molecule is C=C(C(N)=O)N1Cc2c(C(=O)Nc3ccc(NC(C)=O)cc3)cccc2C1=O. The lowest BCUT2D eigenvalue weighted by atomic mass is 10.0. The fourth-order valence-electron chi connectivity index (χ4n) is 2.94. The zero-order valence-corrected chi connectivity index (χ0v) is 15.1. The molecule has 1 heterocycles. The highest BCUT2D eigenvalue weighted by Crippen LogP contribution is 2.29. The molecule has 0 saturated carbocycles. The maximum absolute atomic E-state index is 12.7. The fourth-order valence-corrected chi connectivity index (χ4v) is 2.94. The normalized spacial score (nSPS) is 12.3. The molecule has 0 fully saturated rings. The van der Waals surface area contributed by atoms with E-state index in [4.69, 9.17) is 5.73 Å². The van der Waals surface area contributed by atoms with Gasteiger partial charge in [-0.05, 0) is 42.0 Å². The Labute approximate surface area is 161 Å². The third-order valence-electron chi connectivity index (χ3n) is 4.29. The molecule has 8 nitrogen and oxygen atoms in total. The number of nitrogens with one attached hydrogen (secondary N) is 2. The maximum Gasteiger partial charge on any atom is 0.264 e. The summed E-state index contributed by atoms with van der Waals surface area (Å²) >= 11 is 0. The summed E-state index contributed by atoms with van der Waals surface area (Å²) in [5.74, 6) is -1.81. The first-order valence-corrected chi connectivity index (χ1v) is 8.39. The van der Waals surface area contributed by atoms with E-state index in [0.29, 0.717) is 28.1 Å². The van der Waals surface area contributed by atoms with Crippen molar-refractivity contribution in [2.24, 2.45) is 5.73 Å². The van der Waals surface area contributed by atoms with E-state index < -0.39 is 17.7 Å². The van der Waals surface area contributed by atoms with Crippen LogP contribution in [0, 0.1) is 0 Å². The summed E-state index contributed by atoms with van der Waals surface area (Å²) in [4.78, 5) is 48.8. The van der Waals surface area contributed by atoms with E-state index in [2.05, 4.69) is 17.2 Å². The number of benzene rings is 2. The standard InChI is InChI=1S/C20H18N4O4/c1-11(18(21)26)24-10-17-15(4-3-5-16(17)20(24)28)19(27)23-14-8-6-13(7-9-14)22-12(2)25/h3-9H,1,10H2,2H3,(H2,21,26)(H,22,25)(H,23,27). The van der Waals surface area contributed by atoms with Crippen molar-refractivity contribution in [2.75, 3.05) is 10.6 Å². The molecule has 28 heavy (non-hydrogen) atoms. The van der Waals surface area contributed by atoms with E-state index in [1.165, 1.54) is 6.92 Å². The Morgan fingerprint density at radius 1 is 1.04 bits per heavy atom. The second-order valence-corrected chi connectivity index (χ2v) is 6.25. The first kappa shape index (κ1) is 18.8. The summed E-state index contributed by atoms with van der Waals surface area (Å²) in [6.07, 6.45) is 0. The van der Waals surface area contributed by atoms with Gasteiger partial charge in [0.25, 0.3) is 17.7 Å². The molecule has 0 aliphatic carbocycles. The minimum absolute atomic E-state index is 0.0427. The van der Waals surface area contributed by atoms with Crippen molar-refractivity contribution in [3.8, 4) is 0 Å². The van der Waals surface area contributed by atoms with Gasteiger partial charge in [-0.1, -0.05) is 12.6 Å². The van der Waals surface area contributed by atoms with Gasteiger partial charge in [-0.25, -0.2) is 0 Å². The number of fused-ring (bicyclic) bond motifs is 1. The molecule has 3 rings (SSSR count). The molecule has 0 spiro atoms. The third-order valence-corrected chi connectivity index (χ3v) is 4.29. The van der Waals surface area contributed by atoms with E-state index in [1.807, 2.05) is 0 Å². The quantitative estimate of drug-likeness (QED) is 0.687. The average Bonchev–Trinajstić information content (AvgIpc) is 2.99. The number of hydrogen-bond acceptors (Lipinski definition) is 4. The van der Waals surface area contributed by atoms with E-state index in [9.17, 15) is 19.2 Å². The number of nitrogens with two attached hydrogens (primary N) is 1. The summed E-state index contributed by atoms with van der Waals surface area (Å²) in [5, 5.41) is 5.39. The lowest BCUT2D eigenvalue weighted by Gasteiger charge is -2.15. The van der Waals surface area contributed by atoms with Crippen molar-refractivity contribution in [3.63, 3.8) is 0 Å². The summed E-state index contributed by atoms with van der Waals surface area (Å²) in [6.45, 7) is 4.99. The van der Waals surface area contributed by atoms with Crippen molar-refractivity contribution in [2.45, 2.75) is 13.5 Å². The number of nitrogens with zero attached hydrogens (tertiary/aromatic N) is 1. The summed E-state index contributed by atoms with van der Waals surface area (Å²) in [5.41, 5.74) is 7.38. The Balaban J connectivity index is 1.82.